The molecule has 1 amide bonds. The molecule has 1 aliphatic heterocycles. The standard InChI is InChI=1S/C23H26N2O3/c1-16-4-3-5-20-17(2)22(28-21(16)20)23(26)24-14-18-6-8-19(9-7-18)15-25-10-12-27-13-11-25/h3-9H,10-15H2,1-2H3,(H,24,26). The molecule has 0 aliphatic carbocycles. The van der Waals surface area contributed by atoms with Crippen LogP contribution in [0.1, 0.15) is 32.8 Å². The maximum atomic E-state index is 12.6. The molecular weight excluding hydrogens is 352 g/mol. The highest BCUT2D eigenvalue weighted by atomic mass is 16.5. The van der Waals surface area contributed by atoms with Gasteiger partial charge in [0, 0.05) is 37.1 Å². The molecule has 1 aliphatic rings. The molecule has 5 nitrogen and oxygen atoms in total. The van der Waals surface area contributed by atoms with Crippen LogP contribution in [-0.2, 0) is 17.8 Å². The van der Waals surface area contributed by atoms with Gasteiger partial charge in [0.2, 0.25) is 0 Å². The Hall–Kier alpha value is -2.63. The zero-order valence-electron chi connectivity index (χ0n) is 16.5. The molecular formula is C23H26N2O3. The summed E-state index contributed by atoms with van der Waals surface area (Å²) >= 11 is 0. The molecule has 1 fully saturated rings. The minimum absolute atomic E-state index is 0.175. The molecule has 0 bridgehead atoms. The fraction of sp³-hybridized carbons (Fsp3) is 0.348. The third-order valence-corrected chi connectivity index (χ3v) is 5.35. The molecule has 0 atom stereocenters. The molecule has 0 spiro atoms. The van der Waals surface area contributed by atoms with Gasteiger partial charge in [0.05, 0.1) is 13.2 Å². The predicted octanol–water partition coefficient (Wildman–Crippen LogP) is 3.81. The summed E-state index contributed by atoms with van der Waals surface area (Å²) in [7, 11) is 0. The number of ether oxygens (including phenoxy) is 1. The minimum Gasteiger partial charge on any atom is -0.450 e. The van der Waals surface area contributed by atoms with Crippen molar-refractivity contribution >= 4 is 16.9 Å². The van der Waals surface area contributed by atoms with Crippen LogP contribution in [0.5, 0.6) is 0 Å². The first-order valence-electron chi connectivity index (χ1n) is 9.76. The van der Waals surface area contributed by atoms with Crippen LogP contribution in [0, 0.1) is 13.8 Å². The van der Waals surface area contributed by atoms with E-state index in [0.717, 1.165) is 60.5 Å². The van der Waals surface area contributed by atoms with Gasteiger partial charge < -0.3 is 14.5 Å². The average molecular weight is 378 g/mol. The number of nitrogens with one attached hydrogen (secondary N) is 1. The Bertz CT molecular complexity index is 969. The number of hydrogen-bond donors (Lipinski definition) is 1. The van der Waals surface area contributed by atoms with Crippen LogP contribution in [0.3, 0.4) is 0 Å². The smallest absolute Gasteiger partial charge is 0.287 e. The van der Waals surface area contributed by atoms with Gasteiger partial charge in [-0.2, -0.15) is 0 Å². The summed E-state index contributed by atoms with van der Waals surface area (Å²) in [6.45, 7) is 8.92. The highest BCUT2D eigenvalue weighted by Crippen LogP contribution is 2.27. The van der Waals surface area contributed by atoms with Gasteiger partial charge in [0.1, 0.15) is 5.58 Å². The number of furan rings is 1. The molecule has 1 aromatic heterocycles. The SMILES string of the molecule is Cc1c(C(=O)NCc2ccc(CN3CCOCC3)cc2)oc2c(C)cccc12. The van der Waals surface area contributed by atoms with Gasteiger partial charge in [-0.25, -0.2) is 0 Å². The second kappa shape index (κ2) is 8.17. The summed E-state index contributed by atoms with van der Waals surface area (Å²) in [5, 5.41) is 3.98. The maximum absolute atomic E-state index is 12.6. The van der Waals surface area contributed by atoms with E-state index >= 15 is 0 Å². The van der Waals surface area contributed by atoms with Gasteiger partial charge in [0.25, 0.3) is 5.91 Å². The van der Waals surface area contributed by atoms with Gasteiger partial charge in [-0.15, -0.1) is 0 Å². The van der Waals surface area contributed by atoms with E-state index in [1.807, 2.05) is 32.0 Å². The lowest BCUT2D eigenvalue weighted by atomic mass is 10.1. The van der Waals surface area contributed by atoms with Gasteiger partial charge in [-0.1, -0.05) is 42.5 Å². The second-order valence-corrected chi connectivity index (χ2v) is 7.40. The Labute approximate surface area is 165 Å². The van der Waals surface area contributed by atoms with Crippen molar-refractivity contribution in [2.24, 2.45) is 0 Å². The number of hydrogen-bond acceptors (Lipinski definition) is 4. The van der Waals surface area contributed by atoms with E-state index in [0.29, 0.717) is 12.3 Å². The number of aryl methyl sites for hydroxylation is 2. The molecule has 1 N–H and O–H groups in total. The fourth-order valence-electron chi connectivity index (χ4n) is 3.64. The van der Waals surface area contributed by atoms with Crippen LogP contribution in [0.25, 0.3) is 11.0 Å². The number of benzene rings is 2. The molecule has 28 heavy (non-hydrogen) atoms. The molecule has 0 unspecified atom stereocenters. The molecule has 146 valence electrons. The summed E-state index contributed by atoms with van der Waals surface area (Å²) in [6.07, 6.45) is 0. The van der Waals surface area contributed by atoms with Crippen LogP contribution < -0.4 is 5.32 Å². The fourth-order valence-corrected chi connectivity index (χ4v) is 3.64. The lowest BCUT2D eigenvalue weighted by molar-refractivity contribution is 0.0342. The van der Waals surface area contributed by atoms with Crippen molar-refractivity contribution in [3.63, 3.8) is 0 Å². The first kappa shape index (κ1) is 18.7. The monoisotopic (exact) mass is 378 g/mol. The number of carbonyl (C=O) groups is 1. The van der Waals surface area contributed by atoms with Crippen LogP contribution in [0.4, 0.5) is 0 Å². The highest BCUT2D eigenvalue weighted by molar-refractivity contribution is 5.99. The maximum Gasteiger partial charge on any atom is 0.287 e. The Balaban J connectivity index is 1.38. The van der Waals surface area contributed by atoms with Crippen LogP contribution in [0.15, 0.2) is 46.9 Å². The van der Waals surface area contributed by atoms with Crippen LogP contribution in [-0.4, -0.2) is 37.1 Å². The van der Waals surface area contributed by atoms with E-state index in [9.17, 15) is 4.79 Å². The molecule has 0 radical (unpaired) electrons. The van der Waals surface area contributed by atoms with Crippen molar-refractivity contribution in [3.8, 4) is 0 Å². The third-order valence-electron chi connectivity index (χ3n) is 5.35. The molecule has 5 heteroatoms. The Kier molecular flexibility index (Phi) is 5.46. The first-order chi connectivity index (χ1) is 13.6. The molecule has 0 saturated carbocycles. The largest absolute Gasteiger partial charge is 0.450 e. The minimum atomic E-state index is -0.175. The molecule has 2 heterocycles. The lowest BCUT2D eigenvalue weighted by Crippen LogP contribution is -2.35. The quantitative estimate of drug-likeness (QED) is 0.733. The van der Waals surface area contributed by atoms with E-state index in [-0.39, 0.29) is 5.91 Å². The average Bonchev–Trinajstić information content (AvgIpc) is 3.06. The normalized spacial score (nSPS) is 15.1. The van der Waals surface area contributed by atoms with Gasteiger partial charge in [-0.05, 0) is 30.5 Å². The zero-order chi connectivity index (χ0) is 19.5. The van der Waals surface area contributed by atoms with E-state index in [1.54, 1.807) is 0 Å². The zero-order valence-corrected chi connectivity index (χ0v) is 16.5. The first-order valence-corrected chi connectivity index (χ1v) is 9.76. The number of amides is 1. The van der Waals surface area contributed by atoms with Crippen molar-refractivity contribution in [1.82, 2.24) is 10.2 Å². The Morgan fingerprint density at radius 3 is 2.46 bits per heavy atom. The number of carbonyl (C=O) groups excluding carboxylic acids is 1. The van der Waals surface area contributed by atoms with E-state index in [2.05, 4.69) is 34.5 Å². The molecule has 3 aromatic rings. The van der Waals surface area contributed by atoms with Crippen molar-refractivity contribution in [2.75, 3.05) is 26.3 Å². The topological polar surface area (TPSA) is 54.7 Å². The number of rotatable bonds is 5. The second-order valence-electron chi connectivity index (χ2n) is 7.40. The Morgan fingerprint density at radius 1 is 1.04 bits per heavy atom. The van der Waals surface area contributed by atoms with Crippen molar-refractivity contribution in [1.29, 1.82) is 0 Å². The summed E-state index contributed by atoms with van der Waals surface area (Å²) in [4.78, 5) is 15.0. The van der Waals surface area contributed by atoms with E-state index < -0.39 is 0 Å². The van der Waals surface area contributed by atoms with Crippen molar-refractivity contribution < 1.29 is 13.9 Å². The number of fused-ring (bicyclic) bond motifs is 1. The van der Waals surface area contributed by atoms with Gasteiger partial charge in [-0.3, -0.25) is 9.69 Å². The van der Waals surface area contributed by atoms with Gasteiger partial charge in [0.15, 0.2) is 5.76 Å². The van der Waals surface area contributed by atoms with Gasteiger partial charge >= 0.3 is 0 Å². The highest BCUT2D eigenvalue weighted by Gasteiger charge is 2.18. The summed E-state index contributed by atoms with van der Waals surface area (Å²) < 4.78 is 11.2. The molecule has 4 rings (SSSR count). The predicted molar refractivity (Wildman–Crippen MR) is 109 cm³/mol. The van der Waals surface area contributed by atoms with Crippen LogP contribution in [0.2, 0.25) is 0 Å². The van der Waals surface area contributed by atoms with Crippen LogP contribution >= 0.6 is 0 Å². The van der Waals surface area contributed by atoms with Crippen molar-refractivity contribution in [3.05, 3.63) is 70.5 Å². The number of morpholine rings is 1. The molecule has 2 aromatic carbocycles. The number of nitrogens with zero attached hydrogens (tertiary/aromatic N) is 1. The lowest BCUT2D eigenvalue weighted by Gasteiger charge is -2.26. The summed E-state index contributed by atoms with van der Waals surface area (Å²) in [5.41, 5.74) is 5.06. The van der Waals surface area contributed by atoms with Crippen molar-refractivity contribution in [2.45, 2.75) is 26.9 Å². The number of para-hydroxylation sites is 1. The van der Waals surface area contributed by atoms with E-state index in [4.69, 9.17) is 9.15 Å². The van der Waals surface area contributed by atoms with E-state index in [1.165, 1.54) is 5.56 Å². The Morgan fingerprint density at radius 2 is 1.75 bits per heavy atom. The summed E-state index contributed by atoms with van der Waals surface area (Å²) in [6, 6.07) is 14.4. The molecule has 1 saturated heterocycles. The third kappa shape index (κ3) is 3.96. The summed E-state index contributed by atoms with van der Waals surface area (Å²) in [5.74, 6) is 0.221.